The molecule has 1 aliphatic rings. The highest BCUT2D eigenvalue weighted by molar-refractivity contribution is 6.77. The quantitative estimate of drug-likeness (QED) is 0.524. The average Bonchev–Trinajstić information content (AvgIpc) is 1.86. The lowest BCUT2D eigenvalue weighted by atomic mass is 9.90. The Hall–Kier alpha value is 0.217. The SMILES string of the molecule is CC1CCCCC1[Si](C)(C)C. The van der Waals surface area contributed by atoms with E-state index in [0.717, 1.165) is 11.5 Å². The Balaban J connectivity index is 2.55. The first-order valence-electron chi connectivity index (χ1n) is 5.02. The van der Waals surface area contributed by atoms with Gasteiger partial charge in [-0.2, -0.15) is 0 Å². The molecule has 0 aromatic carbocycles. The Labute approximate surface area is 72.4 Å². The van der Waals surface area contributed by atoms with Gasteiger partial charge in [0, 0.05) is 8.07 Å². The third-order valence-electron chi connectivity index (χ3n) is 3.22. The predicted molar refractivity (Wildman–Crippen MR) is 54.7 cm³/mol. The van der Waals surface area contributed by atoms with Crippen LogP contribution < -0.4 is 0 Å². The Bertz CT molecular complexity index is 123. The van der Waals surface area contributed by atoms with Gasteiger partial charge in [-0.1, -0.05) is 52.2 Å². The van der Waals surface area contributed by atoms with Crippen molar-refractivity contribution in [3.63, 3.8) is 0 Å². The van der Waals surface area contributed by atoms with Crippen molar-refractivity contribution in [3.05, 3.63) is 0 Å². The molecular formula is C10H22Si. The maximum atomic E-state index is 2.53. The maximum absolute atomic E-state index is 2.53. The molecule has 1 heteroatoms. The van der Waals surface area contributed by atoms with Gasteiger partial charge in [-0.3, -0.25) is 0 Å². The molecule has 2 unspecified atom stereocenters. The van der Waals surface area contributed by atoms with Crippen LogP contribution in [-0.4, -0.2) is 8.07 Å². The van der Waals surface area contributed by atoms with E-state index in [1.165, 1.54) is 25.7 Å². The molecule has 0 bridgehead atoms. The standard InChI is InChI=1S/C10H22Si/c1-9-7-5-6-8-10(9)11(2,3)4/h9-10H,5-8H2,1-4H3. The molecule has 0 aliphatic heterocycles. The molecule has 2 atom stereocenters. The molecule has 0 spiro atoms. The summed E-state index contributed by atoms with van der Waals surface area (Å²) in [6, 6.07) is 0. The van der Waals surface area contributed by atoms with Crippen LogP contribution in [0.3, 0.4) is 0 Å². The molecule has 0 N–H and O–H groups in total. The largest absolute Gasteiger partial charge is 0.0693 e. The highest BCUT2D eigenvalue weighted by atomic mass is 28.3. The molecule has 0 saturated heterocycles. The molecule has 0 heterocycles. The first-order valence-corrected chi connectivity index (χ1v) is 8.59. The molecule has 1 fully saturated rings. The summed E-state index contributed by atoms with van der Waals surface area (Å²) in [4.78, 5) is 0. The van der Waals surface area contributed by atoms with Crippen molar-refractivity contribution in [1.82, 2.24) is 0 Å². The summed E-state index contributed by atoms with van der Waals surface area (Å²) in [5, 5.41) is 0. The predicted octanol–water partition coefficient (Wildman–Crippen LogP) is 3.90. The van der Waals surface area contributed by atoms with Gasteiger partial charge in [0.1, 0.15) is 0 Å². The summed E-state index contributed by atoms with van der Waals surface area (Å²) >= 11 is 0. The van der Waals surface area contributed by atoms with E-state index < -0.39 is 8.07 Å². The maximum Gasteiger partial charge on any atom is 0.0476 e. The van der Waals surface area contributed by atoms with E-state index in [2.05, 4.69) is 26.6 Å². The minimum atomic E-state index is -0.819. The molecule has 66 valence electrons. The third-order valence-corrected chi connectivity index (χ3v) is 6.31. The van der Waals surface area contributed by atoms with Crippen molar-refractivity contribution in [3.8, 4) is 0 Å². The number of hydrogen-bond acceptors (Lipinski definition) is 0. The van der Waals surface area contributed by atoms with Crippen molar-refractivity contribution >= 4 is 8.07 Å². The van der Waals surface area contributed by atoms with Gasteiger partial charge in [0.2, 0.25) is 0 Å². The zero-order chi connectivity index (χ0) is 8.48. The van der Waals surface area contributed by atoms with Gasteiger partial charge < -0.3 is 0 Å². The van der Waals surface area contributed by atoms with Crippen molar-refractivity contribution in [2.45, 2.75) is 57.8 Å². The molecule has 0 amide bonds. The van der Waals surface area contributed by atoms with Gasteiger partial charge in [-0.05, 0) is 11.5 Å². The minimum absolute atomic E-state index is 0.819. The first kappa shape index (κ1) is 9.31. The lowest BCUT2D eigenvalue weighted by Gasteiger charge is -2.37. The minimum Gasteiger partial charge on any atom is -0.0693 e. The highest BCUT2D eigenvalue weighted by Gasteiger charge is 2.32. The van der Waals surface area contributed by atoms with E-state index in [-0.39, 0.29) is 0 Å². The first-order chi connectivity index (χ1) is 5.02. The zero-order valence-electron chi connectivity index (χ0n) is 8.48. The van der Waals surface area contributed by atoms with Crippen LogP contribution in [0.1, 0.15) is 32.6 Å². The molecule has 1 saturated carbocycles. The molecule has 0 aromatic heterocycles. The van der Waals surface area contributed by atoms with E-state index in [1.807, 2.05) is 0 Å². The van der Waals surface area contributed by atoms with Crippen LogP contribution in [0.5, 0.6) is 0 Å². The van der Waals surface area contributed by atoms with Crippen LogP contribution in [0.2, 0.25) is 25.2 Å². The molecular weight excluding hydrogens is 148 g/mol. The smallest absolute Gasteiger partial charge is 0.0476 e. The zero-order valence-corrected chi connectivity index (χ0v) is 9.48. The third kappa shape index (κ3) is 2.33. The number of rotatable bonds is 1. The lowest BCUT2D eigenvalue weighted by molar-refractivity contribution is 0.376. The van der Waals surface area contributed by atoms with Crippen molar-refractivity contribution < 1.29 is 0 Å². The van der Waals surface area contributed by atoms with Gasteiger partial charge in [0.25, 0.3) is 0 Å². The molecule has 1 rings (SSSR count). The topological polar surface area (TPSA) is 0 Å². The molecule has 0 radical (unpaired) electrons. The normalized spacial score (nSPS) is 33.8. The van der Waals surface area contributed by atoms with Crippen LogP contribution in [0.25, 0.3) is 0 Å². The number of hydrogen-bond donors (Lipinski definition) is 0. The van der Waals surface area contributed by atoms with Crippen LogP contribution >= 0.6 is 0 Å². The Morgan fingerprint density at radius 1 is 1.00 bits per heavy atom. The summed E-state index contributed by atoms with van der Waals surface area (Å²) in [5.74, 6) is 1.02. The van der Waals surface area contributed by atoms with Gasteiger partial charge in [-0.15, -0.1) is 0 Å². The molecule has 0 aromatic rings. The van der Waals surface area contributed by atoms with E-state index in [1.54, 1.807) is 0 Å². The summed E-state index contributed by atoms with van der Waals surface area (Å²) < 4.78 is 0. The fourth-order valence-corrected chi connectivity index (χ4v) is 5.55. The summed E-state index contributed by atoms with van der Waals surface area (Å²) in [7, 11) is -0.819. The second-order valence-electron chi connectivity index (χ2n) is 5.23. The molecule has 1 aliphatic carbocycles. The van der Waals surface area contributed by atoms with Crippen LogP contribution in [0, 0.1) is 5.92 Å². The lowest BCUT2D eigenvalue weighted by Crippen LogP contribution is -2.34. The van der Waals surface area contributed by atoms with Gasteiger partial charge in [0.05, 0.1) is 0 Å². The fraction of sp³-hybridized carbons (Fsp3) is 1.00. The van der Waals surface area contributed by atoms with Crippen LogP contribution in [-0.2, 0) is 0 Å². The monoisotopic (exact) mass is 170 g/mol. The van der Waals surface area contributed by atoms with Gasteiger partial charge in [0.15, 0.2) is 0 Å². The molecule has 11 heavy (non-hydrogen) atoms. The second-order valence-corrected chi connectivity index (χ2v) is 10.7. The van der Waals surface area contributed by atoms with Crippen molar-refractivity contribution in [2.24, 2.45) is 5.92 Å². The van der Waals surface area contributed by atoms with Crippen molar-refractivity contribution in [2.75, 3.05) is 0 Å². The molecule has 0 nitrogen and oxygen atoms in total. The van der Waals surface area contributed by atoms with Crippen LogP contribution in [0.15, 0.2) is 0 Å². The van der Waals surface area contributed by atoms with E-state index in [9.17, 15) is 0 Å². The Kier molecular flexibility index (Phi) is 2.79. The van der Waals surface area contributed by atoms with E-state index >= 15 is 0 Å². The Morgan fingerprint density at radius 3 is 1.91 bits per heavy atom. The average molecular weight is 170 g/mol. The highest BCUT2D eigenvalue weighted by Crippen LogP contribution is 2.40. The summed E-state index contributed by atoms with van der Waals surface area (Å²) in [6.45, 7) is 10.0. The van der Waals surface area contributed by atoms with Crippen molar-refractivity contribution in [1.29, 1.82) is 0 Å². The fourth-order valence-electron chi connectivity index (χ4n) is 2.60. The Morgan fingerprint density at radius 2 is 1.55 bits per heavy atom. The van der Waals surface area contributed by atoms with Gasteiger partial charge in [-0.25, -0.2) is 0 Å². The van der Waals surface area contributed by atoms with Gasteiger partial charge >= 0.3 is 0 Å². The van der Waals surface area contributed by atoms with E-state index in [0.29, 0.717) is 0 Å². The summed E-state index contributed by atoms with van der Waals surface area (Å²) in [5.41, 5.74) is 1.11. The van der Waals surface area contributed by atoms with E-state index in [4.69, 9.17) is 0 Å². The second kappa shape index (κ2) is 3.30. The van der Waals surface area contributed by atoms with Crippen LogP contribution in [0.4, 0.5) is 0 Å². The summed E-state index contributed by atoms with van der Waals surface area (Å²) in [6.07, 6.45) is 6.01.